The third-order valence-electron chi connectivity index (χ3n) is 3.84. The standard InChI is InChI=1S/C17H28N4O4/c1-9(2)18-13(22)11-7-24-15(20-11)17(5,6)16-21-12(8-25-16)14(23)19-10(3)4/h9-12H,7-8H2,1-6H3,(H,18,22)(H,19,23)/t11-,12-/m0/s1. The van der Waals surface area contributed by atoms with Crippen molar-refractivity contribution in [3.63, 3.8) is 0 Å². The Hall–Kier alpha value is -2.12. The van der Waals surface area contributed by atoms with Crippen molar-refractivity contribution in [2.75, 3.05) is 13.2 Å². The van der Waals surface area contributed by atoms with Crippen LogP contribution in [0.15, 0.2) is 9.98 Å². The number of amides is 2. The molecule has 0 saturated carbocycles. The number of carbonyl (C=O) groups is 2. The Balaban J connectivity index is 2.08. The monoisotopic (exact) mass is 352 g/mol. The normalized spacial score (nSPS) is 23.0. The molecule has 0 radical (unpaired) electrons. The highest BCUT2D eigenvalue weighted by Crippen LogP contribution is 2.29. The first kappa shape index (κ1) is 19.2. The Morgan fingerprint density at radius 1 is 0.920 bits per heavy atom. The average Bonchev–Trinajstić information content (AvgIpc) is 3.16. The van der Waals surface area contributed by atoms with Gasteiger partial charge in [-0.2, -0.15) is 0 Å². The maximum atomic E-state index is 12.1. The van der Waals surface area contributed by atoms with E-state index in [4.69, 9.17) is 9.47 Å². The number of hydrogen-bond donors (Lipinski definition) is 2. The van der Waals surface area contributed by atoms with Crippen molar-refractivity contribution in [2.24, 2.45) is 15.4 Å². The molecule has 8 heteroatoms. The van der Waals surface area contributed by atoms with E-state index >= 15 is 0 Å². The summed E-state index contributed by atoms with van der Waals surface area (Å²) < 4.78 is 11.3. The van der Waals surface area contributed by atoms with Crippen LogP contribution in [0.3, 0.4) is 0 Å². The lowest BCUT2D eigenvalue weighted by molar-refractivity contribution is -0.123. The van der Waals surface area contributed by atoms with Crippen LogP contribution in [0.5, 0.6) is 0 Å². The summed E-state index contributed by atoms with van der Waals surface area (Å²) >= 11 is 0. The number of ether oxygens (including phenoxy) is 2. The molecule has 2 rings (SSSR count). The topological polar surface area (TPSA) is 101 Å². The lowest BCUT2D eigenvalue weighted by Crippen LogP contribution is -2.38. The van der Waals surface area contributed by atoms with E-state index in [1.54, 1.807) is 0 Å². The zero-order chi connectivity index (χ0) is 18.8. The summed E-state index contributed by atoms with van der Waals surface area (Å²) in [7, 11) is 0. The minimum Gasteiger partial charge on any atom is -0.477 e. The molecule has 2 atom stereocenters. The van der Waals surface area contributed by atoms with E-state index in [2.05, 4.69) is 20.6 Å². The molecule has 0 aliphatic carbocycles. The number of hydrogen-bond acceptors (Lipinski definition) is 6. The van der Waals surface area contributed by atoms with Crippen LogP contribution in [-0.2, 0) is 19.1 Å². The number of carbonyl (C=O) groups excluding carboxylic acids is 2. The molecule has 0 spiro atoms. The molecule has 0 aromatic carbocycles. The highest BCUT2D eigenvalue weighted by atomic mass is 16.5. The van der Waals surface area contributed by atoms with Crippen LogP contribution in [0, 0.1) is 5.41 Å². The fourth-order valence-electron chi connectivity index (χ4n) is 2.55. The summed E-state index contributed by atoms with van der Waals surface area (Å²) in [6, 6.07) is -1.05. The van der Waals surface area contributed by atoms with E-state index < -0.39 is 17.5 Å². The van der Waals surface area contributed by atoms with Gasteiger partial charge in [-0.05, 0) is 41.5 Å². The van der Waals surface area contributed by atoms with Crippen molar-refractivity contribution in [2.45, 2.75) is 65.7 Å². The van der Waals surface area contributed by atoms with Crippen molar-refractivity contribution in [1.82, 2.24) is 10.6 Å². The van der Waals surface area contributed by atoms with E-state index in [1.165, 1.54) is 0 Å². The van der Waals surface area contributed by atoms with Gasteiger partial charge in [0.1, 0.15) is 18.6 Å². The van der Waals surface area contributed by atoms with Crippen LogP contribution < -0.4 is 10.6 Å². The van der Waals surface area contributed by atoms with Crippen LogP contribution in [0.4, 0.5) is 0 Å². The minimum absolute atomic E-state index is 0.0440. The molecule has 0 fully saturated rings. The van der Waals surface area contributed by atoms with Gasteiger partial charge in [0.05, 0.1) is 0 Å². The third kappa shape index (κ3) is 4.49. The first-order valence-corrected chi connectivity index (χ1v) is 8.64. The predicted molar refractivity (Wildman–Crippen MR) is 94.7 cm³/mol. The summed E-state index contributed by atoms with van der Waals surface area (Å²) in [6.45, 7) is 11.7. The van der Waals surface area contributed by atoms with Crippen molar-refractivity contribution >= 4 is 23.6 Å². The summed E-state index contributed by atoms with van der Waals surface area (Å²) in [4.78, 5) is 33.0. The lowest BCUT2D eigenvalue weighted by atomic mass is 9.93. The zero-order valence-electron chi connectivity index (χ0n) is 15.8. The summed E-state index contributed by atoms with van der Waals surface area (Å²) in [5.41, 5.74) is -0.736. The molecule has 0 aromatic heterocycles. The van der Waals surface area contributed by atoms with Gasteiger partial charge in [-0.1, -0.05) is 0 Å². The quantitative estimate of drug-likeness (QED) is 0.733. The molecule has 2 aliphatic rings. The van der Waals surface area contributed by atoms with E-state index in [-0.39, 0.29) is 37.1 Å². The summed E-state index contributed by atoms with van der Waals surface area (Å²) in [6.07, 6.45) is 0. The van der Waals surface area contributed by atoms with Gasteiger partial charge in [0.25, 0.3) is 0 Å². The fourth-order valence-corrected chi connectivity index (χ4v) is 2.55. The highest BCUT2D eigenvalue weighted by molar-refractivity contribution is 6.07. The van der Waals surface area contributed by atoms with E-state index in [0.717, 1.165) is 0 Å². The maximum Gasteiger partial charge on any atom is 0.248 e. The number of rotatable bonds is 6. The highest BCUT2D eigenvalue weighted by Gasteiger charge is 2.43. The molecule has 2 N–H and O–H groups in total. The largest absolute Gasteiger partial charge is 0.477 e. The number of aliphatic imine (C=N–C) groups is 2. The summed E-state index contributed by atoms with van der Waals surface area (Å²) in [5, 5.41) is 5.65. The van der Waals surface area contributed by atoms with Gasteiger partial charge >= 0.3 is 0 Å². The molecule has 2 amide bonds. The van der Waals surface area contributed by atoms with Crippen molar-refractivity contribution in [1.29, 1.82) is 0 Å². The molecule has 0 bridgehead atoms. The van der Waals surface area contributed by atoms with E-state index in [1.807, 2.05) is 41.5 Å². The number of nitrogens with one attached hydrogen (secondary N) is 2. The SMILES string of the molecule is CC(C)NC(=O)[C@@H]1COC(C(C)(C)C2=N[C@H](C(=O)NC(C)C)CO2)=N1. The van der Waals surface area contributed by atoms with Crippen molar-refractivity contribution in [3.05, 3.63) is 0 Å². The fraction of sp³-hybridized carbons (Fsp3) is 0.765. The molecule has 25 heavy (non-hydrogen) atoms. The van der Waals surface area contributed by atoms with Gasteiger partial charge in [-0.3, -0.25) is 9.59 Å². The molecular weight excluding hydrogens is 324 g/mol. The van der Waals surface area contributed by atoms with Crippen LogP contribution in [0.1, 0.15) is 41.5 Å². The molecule has 0 saturated heterocycles. The van der Waals surface area contributed by atoms with Gasteiger partial charge in [0.15, 0.2) is 23.9 Å². The number of nitrogens with zero attached hydrogens (tertiary/aromatic N) is 2. The lowest BCUT2D eigenvalue weighted by Gasteiger charge is -2.22. The first-order valence-electron chi connectivity index (χ1n) is 8.64. The van der Waals surface area contributed by atoms with Gasteiger partial charge in [0, 0.05) is 12.1 Å². The van der Waals surface area contributed by atoms with Gasteiger partial charge in [-0.15, -0.1) is 0 Å². The Morgan fingerprint density at radius 3 is 1.60 bits per heavy atom. The Labute approximate surface area is 148 Å². The van der Waals surface area contributed by atoms with Crippen LogP contribution in [-0.4, -0.2) is 61.0 Å². The second-order valence-corrected chi connectivity index (χ2v) is 7.47. The summed E-state index contributed by atoms with van der Waals surface area (Å²) in [5.74, 6) is 0.480. The molecule has 2 heterocycles. The molecular formula is C17H28N4O4. The van der Waals surface area contributed by atoms with Crippen molar-refractivity contribution < 1.29 is 19.1 Å². The van der Waals surface area contributed by atoms with Gasteiger partial charge < -0.3 is 20.1 Å². The molecule has 140 valence electrons. The van der Waals surface area contributed by atoms with E-state index in [9.17, 15) is 9.59 Å². The smallest absolute Gasteiger partial charge is 0.248 e. The second kappa shape index (κ2) is 7.41. The van der Waals surface area contributed by atoms with Gasteiger partial charge in [-0.25, -0.2) is 9.98 Å². The van der Waals surface area contributed by atoms with Crippen LogP contribution in [0.25, 0.3) is 0 Å². The second-order valence-electron chi connectivity index (χ2n) is 7.47. The average molecular weight is 352 g/mol. The van der Waals surface area contributed by atoms with Crippen LogP contribution in [0.2, 0.25) is 0 Å². The third-order valence-corrected chi connectivity index (χ3v) is 3.84. The Bertz CT molecular complexity index is 545. The molecule has 2 aliphatic heterocycles. The predicted octanol–water partition coefficient (Wildman–Crippen LogP) is 0.656. The van der Waals surface area contributed by atoms with Gasteiger partial charge in [0.2, 0.25) is 11.8 Å². The minimum atomic E-state index is -0.736. The Kier molecular flexibility index (Phi) is 5.69. The van der Waals surface area contributed by atoms with Crippen LogP contribution >= 0.6 is 0 Å². The van der Waals surface area contributed by atoms with E-state index in [0.29, 0.717) is 11.8 Å². The molecule has 0 unspecified atom stereocenters. The maximum absolute atomic E-state index is 12.1. The molecule has 0 aromatic rings. The Morgan fingerprint density at radius 2 is 1.28 bits per heavy atom. The molecule has 8 nitrogen and oxygen atoms in total. The zero-order valence-corrected chi connectivity index (χ0v) is 15.8. The first-order chi connectivity index (χ1) is 11.6. The van der Waals surface area contributed by atoms with Crippen molar-refractivity contribution in [3.8, 4) is 0 Å².